The number of amides is 1. The molecule has 1 aromatic heterocycles. The van der Waals surface area contributed by atoms with Gasteiger partial charge in [-0.25, -0.2) is 14.4 Å². The normalized spacial score (nSPS) is 14.5. The van der Waals surface area contributed by atoms with Crippen LogP contribution in [-0.2, 0) is 20.7 Å². The van der Waals surface area contributed by atoms with Gasteiger partial charge in [-0.3, -0.25) is 10.3 Å². The summed E-state index contributed by atoms with van der Waals surface area (Å²) in [5, 5.41) is 21.4. The van der Waals surface area contributed by atoms with Gasteiger partial charge in [0, 0.05) is 12.6 Å². The van der Waals surface area contributed by atoms with Crippen LogP contribution in [0.3, 0.4) is 0 Å². The summed E-state index contributed by atoms with van der Waals surface area (Å²) in [6.07, 6.45) is 1.01. The number of aromatic nitrogens is 1. The fourth-order valence-corrected chi connectivity index (χ4v) is 2.42. The van der Waals surface area contributed by atoms with Gasteiger partial charge in [-0.05, 0) is 11.6 Å². The third-order valence-corrected chi connectivity index (χ3v) is 3.92. The van der Waals surface area contributed by atoms with E-state index in [1.807, 2.05) is 6.92 Å². The van der Waals surface area contributed by atoms with E-state index in [1.165, 1.54) is 6.07 Å². The largest absolute Gasteiger partial charge is 0.478 e. The Morgan fingerprint density at radius 1 is 1.47 bits per heavy atom. The van der Waals surface area contributed by atoms with E-state index in [0.29, 0.717) is 25.5 Å². The molecule has 0 aliphatic carbocycles. The molecule has 1 aromatic rings. The molecule has 2 rings (SSSR count). The summed E-state index contributed by atoms with van der Waals surface area (Å²) >= 11 is 0. The van der Waals surface area contributed by atoms with Gasteiger partial charge in [-0.1, -0.05) is 13.3 Å². The molecule has 2 heterocycles. The number of alkyl carbamates (subject to hydrolysis) is 1. The van der Waals surface area contributed by atoms with Crippen LogP contribution in [0.2, 0.25) is 0 Å². The standard InChI is InChI=1S/C17H24N6O7/c1-2-3-7-29-16(27)22-17(14(25)26,21-11-24)10-12-9-13(23-30-12)28-8-6-20-15-18-4-5-19-15/h9H,2-8,10H2,1H3,(H,22,27)(H,25,26)(H2,18,19,20). The maximum Gasteiger partial charge on any atom is 0.409 e. The number of ether oxygens (including phenoxy) is 2. The minimum atomic E-state index is -2.35. The van der Waals surface area contributed by atoms with Crippen molar-refractivity contribution < 1.29 is 33.5 Å². The average molecular weight is 424 g/mol. The van der Waals surface area contributed by atoms with E-state index in [-0.39, 0.29) is 24.9 Å². The minimum absolute atomic E-state index is 0.0232. The van der Waals surface area contributed by atoms with E-state index >= 15 is 0 Å². The van der Waals surface area contributed by atoms with Crippen LogP contribution in [-0.4, -0.2) is 72.9 Å². The number of aliphatic carboxylic acids is 1. The molecule has 13 nitrogen and oxygen atoms in total. The fraction of sp³-hybridized carbons (Fsp3) is 0.588. The van der Waals surface area contributed by atoms with Gasteiger partial charge >= 0.3 is 12.1 Å². The molecule has 0 fully saturated rings. The van der Waals surface area contributed by atoms with E-state index in [0.717, 1.165) is 19.0 Å². The zero-order valence-electron chi connectivity index (χ0n) is 16.5. The molecule has 1 amide bonds. The van der Waals surface area contributed by atoms with E-state index in [2.05, 4.69) is 31.1 Å². The van der Waals surface area contributed by atoms with Crippen LogP contribution in [0.25, 0.3) is 0 Å². The molecular formula is C17H24N6O7. The molecule has 164 valence electrons. The Balaban J connectivity index is 1.95. The highest BCUT2D eigenvalue weighted by Crippen LogP contribution is 2.20. The number of hydrogen-bond donors (Lipinski definition) is 4. The van der Waals surface area contributed by atoms with E-state index in [4.69, 9.17) is 14.0 Å². The number of aliphatic imine (C=N–C) groups is 2. The highest BCUT2D eigenvalue weighted by Gasteiger charge is 2.43. The average Bonchev–Trinajstić information content (AvgIpc) is 3.37. The summed E-state index contributed by atoms with van der Waals surface area (Å²) in [6, 6.07) is 1.34. The van der Waals surface area contributed by atoms with Gasteiger partial charge in [0.1, 0.15) is 12.4 Å². The maximum atomic E-state index is 11.9. The topological polar surface area (TPSA) is 177 Å². The number of carboxylic acids is 1. The van der Waals surface area contributed by atoms with Crippen molar-refractivity contribution in [1.29, 1.82) is 0 Å². The summed E-state index contributed by atoms with van der Waals surface area (Å²) in [7, 11) is 0. The second-order valence-corrected chi connectivity index (χ2v) is 6.22. The number of carbonyl (C=O) groups is 2. The first kappa shape index (κ1) is 22.7. The van der Waals surface area contributed by atoms with Gasteiger partial charge in [0.15, 0.2) is 5.96 Å². The maximum absolute atomic E-state index is 11.9. The Bertz CT molecular complexity index is 800. The number of carboxylic acid groups (broad SMARTS) is 1. The lowest BCUT2D eigenvalue weighted by Gasteiger charge is -2.23. The summed E-state index contributed by atoms with van der Waals surface area (Å²) in [4.78, 5) is 41.9. The van der Waals surface area contributed by atoms with Crippen molar-refractivity contribution in [2.75, 3.05) is 32.8 Å². The van der Waals surface area contributed by atoms with Crippen LogP contribution in [0.5, 0.6) is 5.88 Å². The molecule has 1 aliphatic rings. The number of rotatable bonds is 12. The number of hydrogen-bond acceptors (Lipinski definition) is 11. The Kier molecular flexibility index (Phi) is 8.63. The highest BCUT2D eigenvalue weighted by molar-refractivity contribution is 5.85. The molecule has 1 atom stereocenters. The summed E-state index contributed by atoms with van der Waals surface area (Å²) in [5.74, 6) is -0.774. The summed E-state index contributed by atoms with van der Waals surface area (Å²) < 4.78 is 15.4. The van der Waals surface area contributed by atoms with Crippen molar-refractivity contribution in [2.45, 2.75) is 31.8 Å². The van der Waals surface area contributed by atoms with Crippen LogP contribution >= 0.6 is 0 Å². The lowest BCUT2D eigenvalue weighted by molar-refractivity contribution is -0.144. The molecule has 1 aliphatic heterocycles. The van der Waals surface area contributed by atoms with Crippen LogP contribution in [0, 0.1) is 0 Å². The minimum Gasteiger partial charge on any atom is -0.478 e. The molecule has 0 saturated carbocycles. The SMILES string of the molecule is CCCCOC(=O)NC(Cc1cc(OCCNC2=NCCN2)no1)(N=C=O)C(=O)O. The first-order valence-electron chi connectivity index (χ1n) is 9.37. The number of guanidine groups is 1. The quantitative estimate of drug-likeness (QED) is 0.199. The van der Waals surface area contributed by atoms with Gasteiger partial charge < -0.3 is 29.7 Å². The lowest BCUT2D eigenvalue weighted by atomic mass is 10.1. The fourth-order valence-electron chi connectivity index (χ4n) is 2.42. The molecule has 4 N–H and O–H groups in total. The molecule has 30 heavy (non-hydrogen) atoms. The second kappa shape index (κ2) is 11.4. The summed E-state index contributed by atoms with van der Waals surface area (Å²) in [6.45, 7) is 4.19. The number of nitrogens with one attached hydrogen (secondary N) is 3. The van der Waals surface area contributed by atoms with Gasteiger partial charge in [0.2, 0.25) is 6.08 Å². The molecule has 0 aromatic carbocycles. The number of nitrogens with zero attached hydrogens (tertiary/aromatic N) is 3. The Hall–Kier alpha value is -3.60. The first-order chi connectivity index (χ1) is 14.5. The Labute approximate surface area is 171 Å². The predicted octanol–water partition coefficient (Wildman–Crippen LogP) is -0.212. The zero-order valence-corrected chi connectivity index (χ0v) is 16.5. The molecule has 0 radical (unpaired) electrons. The predicted molar refractivity (Wildman–Crippen MR) is 102 cm³/mol. The molecule has 0 saturated heterocycles. The summed E-state index contributed by atoms with van der Waals surface area (Å²) in [5.41, 5.74) is -2.35. The van der Waals surface area contributed by atoms with Crippen LogP contribution in [0.15, 0.2) is 20.6 Å². The Morgan fingerprint density at radius 2 is 2.30 bits per heavy atom. The third-order valence-electron chi connectivity index (χ3n) is 3.92. The van der Waals surface area contributed by atoms with Crippen LogP contribution in [0.4, 0.5) is 4.79 Å². The van der Waals surface area contributed by atoms with Crippen molar-refractivity contribution in [2.24, 2.45) is 9.98 Å². The van der Waals surface area contributed by atoms with Crippen LogP contribution in [0.1, 0.15) is 25.5 Å². The van der Waals surface area contributed by atoms with Crippen molar-refractivity contribution >= 4 is 24.1 Å². The smallest absolute Gasteiger partial charge is 0.409 e. The molecular weight excluding hydrogens is 400 g/mol. The number of isocyanates is 1. The van der Waals surface area contributed by atoms with Gasteiger partial charge in [0.05, 0.1) is 26.1 Å². The van der Waals surface area contributed by atoms with Crippen molar-refractivity contribution in [3.63, 3.8) is 0 Å². The number of carbonyl (C=O) groups excluding carboxylic acids is 2. The van der Waals surface area contributed by atoms with Crippen molar-refractivity contribution in [1.82, 2.24) is 21.1 Å². The monoisotopic (exact) mass is 424 g/mol. The van der Waals surface area contributed by atoms with Crippen LogP contribution < -0.4 is 20.7 Å². The zero-order chi connectivity index (χ0) is 21.8. The Morgan fingerprint density at radius 3 is 2.97 bits per heavy atom. The van der Waals surface area contributed by atoms with Gasteiger partial charge in [-0.15, -0.1) is 0 Å². The molecule has 13 heteroatoms. The molecule has 0 bridgehead atoms. The van der Waals surface area contributed by atoms with Gasteiger partial charge in [0.25, 0.3) is 11.5 Å². The molecule has 1 unspecified atom stereocenters. The van der Waals surface area contributed by atoms with E-state index in [9.17, 15) is 19.5 Å². The van der Waals surface area contributed by atoms with Crippen molar-refractivity contribution in [3.05, 3.63) is 11.8 Å². The van der Waals surface area contributed by atoms with Crippen molar-refractivity contribution in [3.8, 4) is 5.88 Å². The highest BCUT2D eigenvalue weighted by atomic mass is 16.6. The van der Waals surface area contributed by atoms with Gasteiger partial charge in [-0.2, -0.15) is 4.99 Å². The number of unbranched alkanes of at least 4 members (excludes halogenated alkanes) is 1. The molecule has 0 spiro atoms. The second-order valence-electron chi connectivity index (χ2n) is 6.22. The van der Waals surface area contributed by atoms with E-state index < -0.39 is 24.1 Å². The third kappa shape index (κ3) is 6.78. The lowest BCUT2D eigenvalue weighted by Crippen LogP contribution is -2.55. The first-order valence-corrected chi connectivity index (χ1v) is 9.37. The van der Waals surface area contributed by atoms with E-state index in [1.54, 1.807) is 0 Å².